The van der Waals surface area contributed by atoms with E-state index in [9.17, 15) is 20.2 Å². The molecule has 0 saturated carbocycles. The van der Waals surface area contributed by atoms with E-state index in [0.717, 1.165) is 0 Å². The van der Waals surface area contributed by atoms with Gasteiger partial charge in [0.05, 0.1) is 10.6 Å². The number of benzene rings is 2. The number of nitro groups is 1. The predicted molar refractivity (Wildman–Crippen MR) is 108 cm³/mol. The first-order valence-corrected chi connectivity index (χ1v) is 9.04. The van der Waals surface area contributed by atoms with Gasteiger partial charge in [-0.05, 0) is 19.1 Å². The number of ketones is 1. The summed E-state index contributed by atoms with van der Waals surface area (Å²) in [5.41, 5.74) is 2.71. The highest BCUT2D eigenvalue weighted by Gasteiger charge is 2.12. The summed E-state index contributed by atoms with van der Waals surface area (Å²) in [4.78, 5) is 26.4. The second-order valence-corrected chi connectivity index (χ2v) is 6.65. The topological polar surface area (TPSA) is 109 Å². The van der Waals surface area contributed by atoms with Crippen molar-refractivity contribution in [3.63, 3.8) is 0 Å². The summed E-state index contributed by atoms with van der Waals surface area (Å²) in [5.74, 6) is -0.0466. The summed E-state index contributed by atoms with van der Waals surface area (Å²) < 4.78 is 0. The summed E-state index contributed by atoms with van der Waals surface area (Å²) in [6.45, 7) is 1.49. The third-order valence-electron chi connectivity index (χ3n) is 3.86. The van der Waals surface area contributed by atoms with Crippen LogP contribution in [0.1, 0.15) is 22.3 Å². The van der Waals surface area contributed by atoms with Crippen LogP contribution in [-0.2, 0) is 0 Å². The maximum atomic E-state index is 11.5. The molecule has 0 radical (unpaired) electrons. The minimum absolute atomic E-state index is 0.0184. The highest BCUT2D eigenvalue weighted by molar-refractivity contribution is 7.11. The van der Waals surface area contributed by atoms with Crippen molar-refractivity contribution in [2.45, 2.75) is 6.92 Å². The van der Waals surface area contributed by atoms with Crippen LogP contribution in [0.25, 0.3) is 16.8 Å². The molecule has 138 valence electrons. The molecule has 0 unspecified atom stereocenters. The zero-order valence-electron chi connectivity index (χ0n) is 14.7. The minimum Gasteiger partial charge on any atom is -0.360 e. The van der Waals surface area contributed by atoms with Gasteiger partial charge in [-0.2, -0.15) is 5.26 Å². The molecule has 0 aliphatic rings. The first-order valence-electron chi connectivity index (χ1n) is 8.16. The Morgan fingerprint density at radius 1 is 1.29 bits per heavy atom. The first-order chi connectivity index (χ1) is 13.5. The van der Waals surface area contributed by atoms with E-state index in [0.29, 0.717) is 33.1 Å². The Bertz CT molecular complexity index is 1130. The Labute approximate surface area is 164 Å². The number of rotatable bonds is 6. The Balaban J connectivity index is 1.84. The zero-order chi connectivity index (χ0) is 20.1. The number of nitriles is 1. The van der Waals surface area contributed by atoms with Crippen molar-refractivity contribution in [2.24, 2.45) is 0 Å². The van der Waals surface area contributed by atoms with Crippen LogP contribution in [0.15, 0.2) is 60.1 Å². The number of Topliss-reactive ketones (excluding diaryl/α,β-unsaturated/α-hetero) is 1. The molecule has 8 heteroatoms. The van der Waals surface area contributed by atoms with Crippen LogP contribution >= 0.6 is 11.3 Å². The number of carbonyl (C=O) groups excluding carboxylic acids is 1. The van der Waals surface area contributed by atoms with Gasteiger partial charge in [0.2, 0.25) is 0 Å². The van der Waals surface area contributed by atoms with Gasteiger partial charge in [0.15, 0.2) is 5.78 Å². The fourth-order valence-electron chi connectivity index (χ4n) is 2.43. The normalized spacial score (nSPS) is 10.9. The number of aromatic nitrogens is 1. The molecule has 0 bridgehead atoms. The summed E-state index contributed by atoms with van der Waals surface area (Å²) in [6, 6.07) is 15.2. The van der Waals surface area contributed by atoms with Gasteiger partial charge in [0, 0.05) is 40.5 Å². The molecule has 7 nitrogen and oxygen atoms in total. The van der Waals surface area contributed by atoms with E-state index in [1.165, 1.54) is 36.6 Å². The molecule has 28 heavy (non-hydrogen) atoms. The van der Waals surface area contributed by atoms with Gasteiger partial charge < -0.3 is 5.32 Å². The standard InChI is InChI=1S/C20H14N4O3S/c1-13(25)14-4-2-6-17(8-14)22-11-16(10-21)20-23-19(12-28-20)15-5-3-7-18(9-15)24(26)27/h2-9,11-12,22H,1H3. The maximum Gasteiger partial charge on any atom is 0.270 e. The monoisotopic (exact) mass is 390 g/mol. The lowest BCUT2D eigenvalue weighted by molar-refractivity contribution is -0.384. The number of hydrogen-bond donors (Lipinski definition) is 1. The van der Waals surface area contributed by atoms with Crippen molar-refractivity contribution in [3.05, 3.63) is 80.8 Å². The minimum atomic E-state index is -0.462. The largest absolute Gasteiger partial charge is 0.360 e. The Hall–Kier alpha value is -3.83. The van der Waals surface area contributed by atoms with Crippen LogP contribution in [0.4, 0.5) is 11.4 Å². The van der Waals surface area contributed by atoms with E-state index < -0.39 is 4.92 Å². The average Bonchev–Trinajstić information content (AvgIpc) is 3.19. The molecule has 0 atom stereocenters. The van der Waals surface area contributed by atoms with Crippen LogP contribution in [0.3, 0.4) is 0 Å². The van der Waals surface area contributed by atoms with E-state index in [1.807, 2.05) is 0 Å². The quantitative estimate of drug-likeness (QED) is 0.277. The average molecular weight is 390 g/mol. The number of hydrogen-bond acceptors (Lipinski definition) is 7. The molecule has 0 amide bonds. The molecular weight excluding hydrogens is 376 g/mol. The SMILES string of the molecule is CC(=O)c1cccc(NC=C(C#N)c2nc(-c3cccc([N+](=O)[O-])c3)cs2)c1. The van der Waals surface area contributed by atoms with Gasteiger partial charge in [0.1, 0.15) is 16.6 Å². The van der Waals surface area contributed by atoms with Crippen LogP contribution in [0.2, 0.25) is 0 Å². The number of nitro benzene ring substituents is 1. The second-order valence-electron chi connectivity index (χ2n) is 5.80. The van der Waals surface area contributed by atoms with Gasteiger partial charge in [-0.25, -0.2) is 4.98 Å². The number of carbonyl (C=O) groups is 1. The van der Waals surface area contributed by atoms with Crippen molar-refractivity contribution in [1.82, 2.24) is 4.98 Å². The zero-order valence-corrected chi connectivity index (χ0v) is 15.6. The molecule has 1 heterocycles. The number of nitrogens with one attached hydrogen (secondary N) is 1. The van der Waals surface area contributed by atoms with Crippen molar-refractivity contribution < 1.29 is 9.72 Å². The molecule has 0 saturated heterocycles. The highest BCUT2D eigenvalue weighted by atomic mass is 32.1. The second kappa shape index (κ2) is 8.24. The van der Waals surface area contributed by atoms with Crippen LogP contribution in [-0.4, -0.2) is 15.7 Å². The van der Waals surface area contributed by atoms with Crippen molar-refractivity contribution in [3.8, 4) is 17.3 Å². The summed E-state index contributed by atoms with van der Waals surface area (Å²) in [5, 5.41) is 25.6. The van der Waals surface area contributed by atoms with Gasteiger partial charge in [0.25, 0.3) is 5.69 Å². The third kappa shape index (κ3) is 4.28. The highest BCUT2D eigenvalue weighted by Crippen LogP contribution is 2.28. The van der Waals surface area contributed by atoms with Crippen LogP contribution < -0.4 is 5.32 Å². The molecule has 1 aromatic heterocycles. The predicted octanol–water partition coefficient (Wildman–Crippen LogP) is 4.90. The lowest BCUT2D eigenvalue weighted by atomic mass is 10.1. The summed E-state index contributed by atoms with van der Waals surface area (Å²) in [6.07, 6.45) is 1.52. The smallest absolute Gasteiger partial charge is 0.270 e. The van der Waals surface area contributed by atoms with Gasteiger partial charge >= 0.3 is 0 Å². The lowest BCUT2D eigenvalue weighted by Crippen LogP contribution is -1.95. The molecule has 0 aliphatic carbocycles. The maximum absolute atomic E-state index is 11.5. The van der Waals surface area contributed by atoms with Crippen LogP contribution in [0.5, 0.6) is 0 Å². The third-order valence-corrected chi connectivity index (χ3v) is 4.74. The van der Waals surface area contributed by atoms with Gasteiger partial charge in [-0.3, -0.25) is 14.9 Å². The van der Waals surface area contributed by atoms with Gasteiger partial charge in [-0.1, -0.05) is 24.3 Å². The van der Waals surface area contributed by atoms with E-state index >= 15 is 0 Å². The molecule has 2 aromatic carbocycles. The lowest BCUT2D eigenvalue weighted by Gasteiger charge is -2.03. The first kappa shape index (κ1) is 18.9. The van der Waals surface area contributed by atoms with E-state index in [1.54, 1.807) is 41.8 Å². The Morgan fingerprint density at radius 3 is 2.79 bits per heavy atom. The van der Waals surface area contributed by atoms with Crippen molar-refractivity contribution in [1.29, 1.82) is 5.26 Å². The Kier molecular flexibility index (Phi) is 5.58. The molecular formula is C20H14N4O3S. The van der Waals surface area contributed by atoms with E-state index in [4.69, 9.17) is 0 Å². The molecule has 3 aromatic rings. The fraction of sp³-hybridized carbons (Fsp3) is 0.0500. The van der Waals surface area contributed by atoms with Crippen LogP contribution in [0, 0.1) is 21.4 Å². The molecule has 1 N–H and O–H groups in total. The number of anilines is 1. The molecule has 0 fully saturated rings. The number of non-ortho nitro benzene ring substituents is 1. The van der Waals surface area contributed by atoms with E-state index in [2.05, 4.69) is 16.4 Å². The molecule has 0 spiro atoms. The number of nitrogens with zero attached hydrogens (tertiary/aromatic N) is 3. The number of allylic oxidation sites excluding steroid dienone is 1. The fourth-order valence-corrected chi connectivity index (χ4v) is 3.23. The Morgan fingerprint density at radius 2 is 2.07 bits per heavy atom. The van der Waals surface area contributed by atoms with E-state index in [-0.39, 0.29) is 11.5 Å². The van der Waals surface area contributed by atoms with Crippen molar-refractivity contribution >= 4 is 34.1 Å². The summed E-state index contributed by atoms with van der Waals surface area (Å²) >= 11 is 1.27. The molecule has 0 aliphatic heterocycles. The van der Waals surface area contributed by atoms with Gasteiger partial charge in [-0.15, -0.1) is 11.3 Å². The molecule has 3 rings (SSSR count). The van der Waals surface area contributed by atoms with Crippen molar-refractivity contribution in [2.75, 3.05) is 5.32 Å². The number of thiazole rings is 1. The summed E-state index contributed by atoms with van der Waals surface area (Å²) in [7, 11) is 0.